The van der Waals surface area contributed by atoms with Gasteiger partial charge < -0.3 is 15.4 Å². The fourth-order valence-electron chi connectivity index (χ4n) is 2.48. The van der Waals surface area contributed by atoms with Crippen LogP contribution in [0.5, 0.6) is 0 Å². The lowest BCUT2D eigenvalue weighted by molar-refractivity contribution is -0.123. The molecule has 0 aliphatic heterocycles. The van der Waals surface area contributed by atoms with Crippen LogP contribution in [0, 0.1) is 0 Å². The minimum Gasteiger partial charge on any atom is -0.445 e. The van der Waals surface area contributed by atoms with Gasteiger partial charge in [0.1, 0.15) is 12.6 Å². The van der Waals surface area contributed by atoms with Gasteiger partial charge in [-0.1, -0.05) is 74.0 Å². The Morgan fingerprint density at radius 1 is 0.962 bits per heavy atom. The number of rotatable bonds is 9. The molecule has 0 bridgehead atoms. The number of hydrogen-bond donors (Lipinski definition) is 2. The van der Waals surface area contributed by atoms with Gasteiger partial charge in [0, 0.05) is 13.0 Å². The van der Waals surface area contributed by atoms with Crippen LogP contribution in [-0.4, -0.2) is 24.6 Å². The monoisotopic (exact) mass is 354 g/mol. The van der Waals surface area contributed by atoms with Crippen molar-refractivity contribution in [2.75, 3.05) is 6.54 Å². The predicted molar refractivity (Wildman–Crippen MR) is 102 cm³/mol. The summed E-state index contributed by atoms with van der Waals surface area (Å²) in [6, 6.07) is 18.4. The number of unbranched alkanes of at least 4 members (excludes halogenated alkanes) is 1. The zero-order chi connectivity index (χ0) is 18.6. The van der Waals surface area contributed by atoms with E-state index in [0.29, 0.717) is 13.0 Å². The third-order valence-electron chi connectivity index (χ3n) is 3.93. The van der Waals surface area contributed by atoms with Crippen LogP contribution >= 0.6 is 0 Å². The Bertz CT molecular complexity index is 674. The number of benzene rings is 2. The van der Waals surface area contributed by atoms with Gasteiger partial charge in [-0.3, -0.25) is 4.79 Å². The molecule has 0 saturated heterocycles. The number of amides is 2. The molecule has 2 amide bonds. The first-order chi connectivity index (χ1) is 12.7. The lowest BCUT2D eigenvalue weighted by Gasteiger charge is -2.18. The van der Waals surface area contributed by atoms with Crippen LogP contribution in [-0.2, 0) is 22.6 Å². The Kier molecular flexibility index (Phi) is 8.19. The highest BCUT2D eigenvalue weighted by Crippen LogP contribution is 2.05. The summed E-state index contributed by atoms with van der Waals surface area (Å²) in [4.78, 5) is 24.6. The molecule has 0 spiro atoms. The summed E-state index contributed by atoms with van der Waals surface area (Å²) < 4.78 is 5.24. The molecule has 138 valence electrons. The number of carbonyl (C=O) groups is 2. The highest BCUT2D eigenvalue weighted by Gasteiger charge is 2.21. The molecule has 2 aromatic carbocycles. The van der Waals surface area contributed by atoms with E-state index in [4.69, 9.17) is 4.74 Å². The number of hydrogen-bond acceptors (Lipinski definition) is 3. The smallest absolute Gasteiger partial charge is 0.408 e. The standard InChI is InChI=1S/C21H26N2O3/c1-2-3-14-22-20(24)19(15-17-10-6-4-7-11-17)23-21(25)26-16-18-12-8-5-9-13-18/h4-13,19H,2-3,14-16H2,1H3,(H,22,24)(H,23,25)/t19-/m0/s1. The largest absolute Gasteiger partial charge is 0.445 e. The van der Waals surface area contributed by atoms with Crippen molar-refractivity contribution in [3.63, 3.8) is 0 Å². The van der Waals surface area contributed by atoms with Gasteiger partial charge in [0.25, 0.3) is 0 Å². The fourth-order valence-corrected chi connectivity index (χ4v) is 2.48. The third kappa shape index (κ3) is 6.97. The van der Waals surface area contributed by atoms with Crippen LogP contribution in [0.1, 0.15) is 30.9 Å². The molecule has 2 N–H and O–H groups in total. The summed E-state index contributed by atoms with van der Waals surface area (Å²) in [6.07, 6.45) is 1.72. The van der Waals surface area contributed by atoms with Crippen molar-refractivity contribution in [1.82, 2.24) is 10.6 Å². The highest BCUT2D eigenvalue weighted by atomic mass is 16.5. The second-order valence-corrected chi connectivity index (χ2v) is 6.09. The van der Waals surface area contributed by atoms with E-state index in [-0.39, 0.29) is 12.5 Å². The summed E-state index contributed by atoms with van der Waals surface area (Å²) in [5, 5.41) is 5.56. The Morgan fingerprint density at radius 2 is 1.58 bits per heavy atom. The molecule has 5 heteroatoms. The minimum absolute atomic E-state index is 0.169. The van der Waals surface area contributed by atoms with E-state index in [1.165, 1.54) is 0 Å². The second-order valence-electron chi connectivity index (χ2n) is 6.09. The van der Waals surface area contributed by atoms with E-state index in [2.05, 4.69) is 17.6 Å². The lowest BCUT2D eigenvalue weighted by atomic mass is 10.1. The maximum atomic E-state index is 12.5. The molecule has 2 rings (SSSR count). The van der Waals surface area contributed by atoms with E-state index >= 15 is 0 Å². The van der Waals surface area contributed by atoms with E-state index in [1.807, 2.05) is 60.7 Å². The van der Waals surface area contributed by atoms with E-state index in [0.717, 1.165) is 24.0 Å². The quantitative estimate of drug-likeness (QED) is 0.678. The molecule has 5 nitrogen and oxygen atoms in total. The van der Waals surface area contributed by atoms with Crippen molar-refractivity contribution in [1.29, 1.82) is 0 Å². The third-order valence-corrected chi connectivity index (χ3v) is 3.93. The van der Waals surface area contributed by atoms with Gasteiger partial charge in [0.15, 0.2) is 0 Å². The van der Waals surface area contributed by atoms with Gasteiger partial charge in [-0.15, -0.1) is 0 Å². The number of nitrogens with one attached hydrogen (secondary N) is 2. The van der Waals surface area contributed by atoms with Crippen molar-refractivity contribution in [3.8, 4) is 0 Å². The lowest BCUT2D eigenvalue weighted by Crippen LogP contribution is -2.48. The maximum Gasteiger partial charge on any atom is 0.408 e. The van der Waals surface area contributed by atoms with Crippen molar-refractivity contribution in [2.45, 2.75) is 38.8 Å². The van der Waals surface area contributed by atoms with Crippen LogP contribution in [0.25, 0.3) is 0 Å². The first kappa shape index (κ1) is 19.5. The predicted octanol–water partition coefficient (Wildman–Crippen LogP) is 3.44. The average molecular weight is 354 g/mol. The number of carbonyl (C=O) groups excluding carboxylic acids is 2. The summed E-state index contributed by atoms with van der Waals surface area (Å²) in [5.41, 5.74) is 1.88. The zero-order valence-corrected chi connectivity index (χ0v) is 15.1. The summed E-state index contributed by atoms with van der Waals surface area (Å²) >= 11 is 0. The summed E-state index contributed by atoms with van der Waals surface area (Å²) in [7, 11) is 0. The van der Waals surface area contributed by atoms with E-state index in [1.54, 1.807) is 0 Å². The van der Waals surface area contributed by atoms with E-state index in [9.17, 15) is 9.59 Å². The van der Waals surface area contributed by atoms with Gasteiger partial charge in [-0.25, -0.2) is 4.79 Å². The molecular weight excluding hydrogens is 328 g/mol. The van der Waals surface area contributed by atoms with Crippen molar-refractivity contribution in [3.05, 3.63) is 71.8 Å². The SMILES string of the molecule is CCCCNC(=O)[C@H](Cc1ccccc1)NC(=O)OCc1ccccc1. The molecule has 0 aliphatic carbocycles. The summed E-state index contributed by atoms with van der Waals surface area (Å²) in [6.45, 7) is 2.83. The number of ether oxygens (including phenoxy) is 1. The normalized spacial score (nSPS) is 11.4. The molecule has 26 heavy (non-hydrogen) atoms. The molecule has 0 aliphatic rings. The molecule has 0 fully saturated rings. The Morgan fingerprint density at radius 3 is 2.19 bits per heavy atom. The van der Waals surface area contributed by atoms with Crippen molar-refractivity contribution >= 4 is 12.0 Å². The van der Waals surface area contributed by atoms with Gasteiger partial charge in [-0.2, -0.15) is 0 Å². The molecule has 0 saturated carbocycles. The first-order valence-electron chi connectivity index (χ1n) is 8.98. The molecule has 0 aromatic heterocycles. The minimum atomic E-state index is -0.669. The molecular formula is C21H26N2O3. The summed E-state index contributed by atoms with van der Waals surface area (Å²) in [5.74, 6) is -0.195. The Labute approximate surface area is 154 Å². The molecule has 2 aromatic rings. The fraction of sp³-hybridized carbons (Fsp3) is 0.333. The molecule has 0 unspecified atom stereocenters. The molecule has 0 radical (unpaired) electrons. The van der Waals surface area contributed by atoms with Crippen LogP contribution in [0.4, 0.5) is 4.79 Å². The van der Waals surface area contributed by atoms with Crippen LogP contribution < -0.4 is 10.6 Å². The van der Waals surface area contributed by atoms with Crippen molar-refractivity contribution < 1.29 is 14.3 Å². The van der Waals surface area contributed by atoms with Gasteiger partial charge in [-0.05, 0) is 17.5 Å². The van der Waals surface area contributed by atoms with Gasteiger partial charge in [0.2, 0.25) is 5.91 Å². The molecule has 1 atom stereocenters. The first-order valence-corrected chi connectivity index (χ1v) is 8.98. The Balaban J connectivity index is 1.93. The number of alkyl carbamates (subject to hydrolysis) is 1. The molecule has 0 heterocycles. The van der Waals surface area contributed by atoms with Crippen LogP contribution in [0.3, 0.4) is 0 Å². The second kappa shape index (κ2) is 10.9. The maximum absolute atomic E-state index is 12.5. The van der Waals surface area contributed by atoms with Gasteiger partial charge >= 0.3 is 6.09 Å². The Hall–Kier alpha value is -2.82. The topological polar surface area (TPSA) is 67.4 Å². The van der Waals surface area contributed by atoms with Crippen LogP contribution in [0.15, 0.2) is 60.7 Å². The van der Waals surface area contributed by atoms with Crippen molar-refractivity contribution in [2.24, 2.45) is 0 Å². The van der Waals surface area contributed by atoms with E-state index < -0.39 is 12.1 Å². The van der Waals surface area contributed by atoms with Gasteiger partial charge in [0.05, 0.1) is 0 Å². The highest BCUT2D eigenvalue weighted by molar-refractivity contribution is 5.85. The average Bonchev–Trinajstić information content (AvgIpc) is 2.67. The zero-order valence-electron chi connectivity index (χ0n) is 15.1. The van der Waals surface area contributed by atoms with Crippen LogP contribution in [0.2, 0.25) is 0 Å².